The molecule has 0 aliphatic heterocycles. The van der Waals surface area contributed by atoms with E-state index in [2.05, 4.69) is 5.10 Å². The molecule has 0 N–H and O–H groups in total. The van der Waals surface area contributed by atoms with Crippen LogP contribution in [-0.4, -0.2) is 30.1 Å². The molecule has 1 heterocycles. The van der Waals surface area contributed by atoms with E-state index in [0.717, 1.165) is 16.9 Å². The second-order valence-electron chi connectivity index (χ2n) is 3.77. The van der Waals surface area contributed by atoms with Crippen molar-refractivity contribution in [2.24, 2.45) is 7.05 Å². The maximum Gasteiger partial charge on any atom is 0.119 e. The van der Waals surface area contributed by atoms with Gasteiger partial charge in [-0.2, -0.15) is 5.10 Å². The maximum atomic E-state index is 5.50. The number of rotatable bonds is 5. The van der Waals surface area contributed by atoms with E-state index in [-0.39, 0.29) is 0 Å². The third kappa shape index (κ3) is 3.07. The minimum absolute atomic E-state index is 0.572. The second-order valence-corrected chi connectivity index (χ2v) is 3.77. The Kier molecular flexibility index (Phi) is 3.77. The monoisotopic (exact) mass is 232 g/mol. The highest BCUT2D eigenvalue weighted by molar-refractivity contribution is 5.62. The molecule has 0 radical (unpaired) electrons. The lowest BCUT2D eigenvalue weighted by Gasteiger charge is -2.05. The maximum absolute atomic E-state index is 5.50. The SMILES string of the molecule is COCCOc1ccc(-c2cnn(C)c2)cc1. The molecule has 0 unspecified atom stereocenters. The minimum atomic E-state index is 0.572. The molecule has 2 rings (SSSR count). The summed E-state index contributed by atoms with van der Waals surface area (Å²) in [4.78, 5) is 0. The zero-order chi connectivity index (χ0) is 12.1. The van der Waals surface area contributed by atoms with Crippen molar-refractivity contribution in [3.63, 3.8) is 0 Å². The number of aryl methyl sites for hydroxylation is 1. The standard InChI is InChI=1S/C13H16N2O2/c1-15-10-12(9-14-15)11-3-5-13(6-4-11)17-8-7-16-2/h3-6,9-10H,7-8H2,1-2H3. The van der Waals surface area contributed by atoms with Gasteiger partial charge in [0.1, 0.15) is 12.4 Å². The molecule has 1 aromatic carbocycles. The first-order chi connectivity index (χ1) is 8.29. The molecule has 0 saturated carbocycles. The van der Waals surface area contributed by atoms with Gasteiger partial charge in [0.25, 0.3) is 0 Å². The Morgan fingerprint density at radius 1 is 1.12 bits per heavy atom. The summed E-state index contributed by atoms with van der Waals surface area (Å²) in [5.41, 5.74) is 2.24. The Labute approximate surface area is 101 Å². The summed E-state index contributed by atoms with van der Waals surface area (Å²) in [7, 11) is 3.57. The Balaban J connectivity index is 2.02. The molecule has 4 nitrogen and oxygen atoms in total. The average Bonchev–Trinajstić information content (AvgIpc) is 2.77. The zero-order valence-electron chi connectivity index (χ0n) is 10.1. The summed E-state index contributed by atoms with van der Waals surface area (Å²) in [6, 6.07) is 7.97. The van der Waals surface area contributed by atoms with E-state index in [0.29, 0.717) is 13.2 Å². The molecule has 0 fully saturated rings. The van der Waals surface area contributed by atoms with Gasteiger partial charge in [-0.25, -0.2) is 0 Å². The summed E-state index contributed by atoms with van der Waals surface area (Å²) >= 11 is 0. The van der Waals surface area contributed by atoms with Crippen molar-refractivity contribution < 1.29 is 9.47 Å². The van der Waals surface area contributed by atoms with Crippen LogP contribution in [0.2, 0.25) is 0 Å². The lowest BCUT2D eigenvalue weighted by molar-refractivity contribution is 0.146. The van der Waals surface area contributed by atoms with E-state index in [4.69, 9.17) is 9.47 Å². The van der Waals surface area contributed by atoms with Crippen LogP contribution in [0.1, 0.15) is 0 Å². The Bertz CT molecular complexity index is 463. The van der Waals surface area contributed by atoms with Gasteiger partial charge in [0.05, 0.1) is 12.8 Å². The molecule has 0 aliphatic rings. The third-order valence-electron chi connectivity index (χ3n) is 2.45. The highest BCUT2D eigenvalue weighted by Crippen LogP contribution is 2.21. The summed E-state index contributed by atoms with van der Waals surface area (Å²) < 4.78 is 12.2. The minimum Gasteiger partial charge on any atom is -0.491 e. The normalized spacial score (nSPS) is 10.5. The van der Waals surface area contributed by atoms with Crippen molar-refractivity contribution in [2.75, 3.05) is 20.3 Å². The Hall–Kier alpha value is -1.81. The van der Waals surface area contributed by atoms with E-state index < -0.39 is 0 Å². The van der Waals surface area contributed by atoms with Gasteiger partial charge in [0, 0.05) is 25.9 Å². The van der Waals surface area contributed by atoms with E-state index in [1.165, 1.54) is 0 Å². The number of hydrogen-bond acceptors (Lipinski definition) is 3. The van der Waals surface area contributed by atoms with Gasteiger partial charge in [-0.1, -0.05) is 12.1 Å². The molecule has 0 spiro atoms. The van der Waals surface area contributed by atoms with Crippen LogP contribution in [0.4, 0.5) is 0 Å². The van der Waals surface area contributed by atoms with Gasteiger partial charge in [-0.3, -0.25) is 4.68 Å². The topological polar surface area (TPSA) is 36.3 Å². The molecule has 90 valence electrons. The van der Waals surface area contributed by atoms with Crippen LogP contribution in [0.3, 0.4) is 0 Å². The van der Waals surface area contributed by atoms with Crippen LogP contribution in [-0.2, 0) is 11.8 Å². The van der Waals surface area contributed by atoms with Gasteiger partial charge >= 0.3 is 0 Å². The fourth-order valence-corrected chi connectivity index (χ4v) is 1.56. The molecule has 0 atom stereocenters. The lowest BCUT2D eigenvalue weighted by Crippen LogP contribution is -2.03. The van der Waals surface area contributed by atoms with Crippen molar-refractivity contribution >= 4 is 0 Å². The summed E-state index contributed by atoms with van der Waals surface area (Å²) in [5.74, 6) is 0.856. The average molecular weight is 232 g/mol. The van der Waals surface area contributed by atoms with Crippen LogP contribution in [0.5, 0.6) is 5.75 Å². The van der Waals surface area contributed by atoms with Crippen molar-refractivity contribution in [3.05, 3.63) is 36.7 Å². The number of ether oxygens (including phenoxy) is 2. The number of benzene rings is 1. The molecule has 0 bridgehead atoms. The molecule has 0 aliphatic carbocycles. The van der Waals surface area contributed by atoms with Crippen molar-refractivity contribution in [1.29, 1.82) is 0 Å². The van der Waals surface area contributed by atoms with E-state index in [9.17, 15) is 0 Å². The number of methoxy groups -OCH3 is 1. The highest BCUT2D eigenvalue weighted by Gasteiger charge is 2.00. The van der Waals surface area contributed by atoms with Crippen LogP contribution >= 0.6 is 0 Å². The Morgan fingerprint density at radius 2 is 1.88 bits per heavy atom. The number of nitrogens with zero attached hydrogens (tertiary/aromatic N) is 2. The van der Waals surface area contributed by atoms with E-state index >= 15 is 0 Å². The zero-order valence-corrected chi connectivity index (χ0v) is 10.1. The first kappa shape index (κ1) is 11.7. The molecule has 2 aromatic rings. The highest BCUT2D eigenvalue weighted by atomic mass is 16.5. The first-order valence-corrected chi connectivity index (χ1v) is 5.50. The van der Waals surface area contributed by atoms with E-state index in [1.807, 2.05) is 43.7 Å². The van der Waals surface area contributed by atoms with Gasteiger partial charge in [-0.05, 0) is 17.7 Å². The molecule has 0 saturated heterocycles. The van der Waals surface area contributed by atoms with Gasteiger partial charge in [0.2, 0.25) is 0 Å². The number of aromatic nitrogens is 2. The lowest BCUT2D eigenvalue weighted by atomic mass is 10.1. The first-order valence-electron chi connectivity index (χ1n) is 5.50. The van der Waals surface area contributed by atoms with Crippen LogP contribution in [0.15, 0.2) is 36.7 Å². The predicted molar refractivity (Wildman–Crippen MR) is 66.0 cm³/mol. The van der Waals surface area contributed by atoms with Crippen molar-refractivity contribution in [2.45, 2.75) is 0 Å². The van der Waals surface area contributed by atoms with Gasteiger partial charge in [-0.15, -0.1) is 0 Å². The number of hydrogen-bond donors (Lipinski definition) is 0. The molecular formula is C13H16N2O2. The fraction of sp³-hybridized carbons (Fsp3) is 0.308. The van der Waals surface area contributed by atoms with Crippen LogP contribution in [0.25, 0.3) is 11.1 Å². The fourth-order valence-electron chi connectivity index (χ4n) is 1.56. The predicted octanol–water partition coefficient (Wildman–Crippen LogP) is 2.11. The summed E-state index contributed by atoms with van der Waals surface area (Å²) in [5, 5.41) is 4.14. The smallest absolute Gasteiger partial charge is 0.119 e. The van der Waals surface area contributed by atoms with Crippen molar-refractivity contribution in [1.82, 2.24) is 9.78 Å². The quantitative estimate of drug-likeness (QED) is 0.741. The van der Waals surface area contributed by atoms with Crippen LogP contribution in [0, 0.1) is 0 Å². The second kappa shape index (κ2) is 5.50. The largest absolute Gasteiger partial charge is 0.491 e. The van der Waals surface area contributed by atoms with E-state index in [1.54, 1.807) is 11.8 Å². The van der Waals surface area contributed by atoms with Gasteiger partial charge in [0.15, 0.2) is 0 Å². The van der Waals surface area contributed by atoms with Gasteiger partial charge < -0.3 is 9.47 Å². The summed E-state index contributed by atoms with van der Waals surface area (Å²) in [6.45, 7) is 1.17. The van der Waals surface area contributed by atoms with Crippen molar-refractivity contribution in [3.8, 4) is 16.9 Å². The molecule has 17 heavy (non-hydrogen) atoms. The Morgan fingerprint density at radius 3 is 2.47 bits per heavy atom. The molecular weight excluding hydrogens is 216 g/mol. The summed E-state index contributed by atoms with van der Waals surface area (Å²) in [6.07, 6.45) is 3.83. The third-order valence-corrected chi connectivity index (χ3v) is 2.45. The molecule has 4 heteroatoms. The molecule has 0 amide bonds. The molecule has 1 aromatic heterocycles. The van der Waals surface area contributed by atoms with Crippen LogP contribution < -0.4 is 4.74 Å².